The second-order valence-corrected chi connectivity index (χ2v) is 5.49. The molecule has 17 heavy (non-hydrogen) atoms. The van der Waals surface area contributed by atoms with Crippen LogP contribution in [0.25, 0.3) is 0 Å². The lowest BCUT2D eigenvalue weighted by Gasteiger charge is -2.23. The molecule has 1 heterocycles. The van der Waals surface area contributed by atoms with Crippen molar-refractivity contribution in [3.8, 4) is 0 Å². The normalized spacial score (nSPS) is 26.9. The minimum Gasteiger partial charge on any atom is -0.305 e. The highest BCUT2D eigenvalue weighted by atomic mass is 19.1. The van der Waals surface area contributed by atoms with Gasteiger partial charge in [-0.3, -0.25) is 4.90 Å². The third-order valence-electron chi connectivity index (χ3n) is 4.01. The van der Waals surface area contributed by atoms with Crippen molar-refractivity contribution in [2.45, 2.75) is 32.2 Å². The number of halogens is 1. The summed E-state index contributed by atoms with van der Waals surface area (Å²) in [7, 11) is 4.25. The SMILES string of the molecule is CC1=C(CN2CCC(N(C)C)C2)C(F)=CCC1. The van der Waals surface area contributed by atoms with Crippen molar-refractivity contribution in [2.24, 2.45) is 0 Å². The lowest BCUT2D eigenvalue weighted by Crippen LogP contribution is -2.32. The molecule has 1 aliphatic carbocycles. The van der Waals surface area contributed by atoms with Crippen molar-refractivity contribution < 1.29 is 4.39 Å². The van der Waals surface area contributed by atoms with Crippen LogP contribution in [0.1, 0.15) is 26.2 Å². The first-order chi connectivity index (χ1) is 8.08. The molecule has 0 aromatic carbocycles. The summed E-state index contributed by atoms with van der Waals surface area (Å²) in [5.74, 6) is 0.0158. The molecule has 96 valence electrons. The van der Waals surface area contributed by atoms with Gasteiger partial charge < -0.3 is 4.90 Å². The summed E-state index contributed by atoms with van der Waals surface area (Å²) >= 11 is 0. The largest absolute Gasteiger partial charge is 0.305 e. The van der Waals surface area contributed by atoms with Crippen LogP contribution in [0.4, 0.5) is 4.39 Å². The minimum atomic E-state index is 0.0158. The number of hydrogen-bond acceptors (Lipinski definition) is 2. The molecule has 0 aromatic rings. The van der Waals surface area contributed by atoms with E-state index in [0.717, 1.165) is 38.0 Å². The summed E-state index contributed by atoms with van der Waals surface area (Å²) in [6, 6.07) is 0.631. The average molecular weight is 238 g/mol. The number of hydrogen-bond donors (Lipinski definition) is 0. The summed E-state index contributed by atoms with van der Waals surface area (Å²) < 4.78 is 13.8. The van der Waals surface area contributed by atoms with Gasteiger partial charge >= 0.3 is 0 Å². The Balaban J connectivity index is 1.96. The predicted octanol–water partition coefficient (Wildman–Crippen LogP) is 2.59. The number of nitrogens with zero attached hydrogens (tertiary/aromatic N) is 2. The van der Waals surface area contributed by atoms with E-state index in [1.165, 1.54) is 12.0 Å². The highest BCUT2D eigenvalue weighted by Crippen LogP contribution is 2.27. The smallest absolute Gasteiger partial charge is 0.123 e. The number of allylic oxidation sites excluding steroid dienone is 2. The summed E-state index contributed by atoms with van der Waals surface area (Å²) in [4.78, 5) is 4.65. The molecular weight excluding hydrogens is 215 g/mol. The summed E-state index contributed by atoms with van der Waals surface area (Å²) in [6.07, 6.45) is 4.82. The van der Waals surface area contributed by atoms with E-state index in [1.54, 1.807) is 6.08 Å². The minimum absolute atomic E-state index is 0.0158. The van der Waals surface area contributed by atoms with E-state index in [9.17, 15) is 4.39 Å². The molecule has 1 saturated heterocycles. The van der Waals surface area contributed by atoms with E-state index in [1.807, 2.05) is 0 Å². The molecule has 3 heteroatoms. The van der Waals surface area contributed by atoms with E-state index in [-0.39, 0.29) is 5.83 Å². The Hall–Kier alpha value is -0.670. The van der Waals surface area contributed by atoms with Crippen LogP contribution in [0, 0.1) is 0 Å². The fraction of sp³-hybridized carbons (Fsp3) is 0.714. The molecular formula is C14H23FN2. The highest BCUT2D eigenvalue weighted by Gasteiger charge is 2.26. The van der Waals surface area contributed by atoms with Gasteiger partial charge in [-0.2, -0.15) is 0 Å². The molecule has 0 bridgehead atoms. The van der Waals surface area contributed by atoms with Gasteiger partial charge in [0.2, 0.25) is 0 Å². The lowest BCUT2D eigenvalue weighted by molar-refractivity contribution is 0.277. The third-order valence-corrected chi connectivity index (χ3v) is 4.01. The van der Waals surface area contributed by atoms with Crippen molar-refractivity contribution in [1.29, 1.82) is 0 Å². The molecule has 0 spiro atoms. The van der Waals surface area contributed by atoms with E-state index >= 15 is 0 Å². The Kier molecular flexibility index (Phi) is 4.00. The van der Waals surface area contributed by atoms with Crippen LogP contribution in [0.15, 0.2) is 23.0 Å². The second kappa shape index (κ2) is 5.32. The number of rotatable bonds is 3. The Bertz CT molecular complexity index is 344. The van der Waals surface area contributed by atoms with Crippen LogP contribution in [0.5, 0.6) is 0 Å². The topological polar surface area (TPSA) is 6.48 Å². The van der Waals surface area contributed by atoms with Crippen LogP contribution in [0.3, 0.4) is 0 Å². The van der Waals surface area contributed by atoms with Crippen molar-refractivity contribution in [2.75, 3.05) is 33.7 Å². The van der Waals surface area contributed by atoms with Gasteiger partial charge in [0.05, 0.1) is 0 Å². The first-order valence-electron chi connectivity index (χ1n) is 6.51. The Morgan fingerprint density at radius 3 is 2.82 bits per heavy atom. The van der Waals surface area contributed by atoms with Crippen LogP contribution in [-0.4, -0.2) is 49.6 Å². The van der Waals surface area contributed by atoms with Crippen LogP contribution < -0.4 is 0 Å². The molecule has 1 atom stereocenters. The number of likely N-dealkylation sites (N-methyl/N-ethyl adjacent to an activating group) is 1. The predicted molar refractivity (Wildman–Crippen MR) is 69.7 cm³/mol. The van der Waals surface area contributed by atoms with E-state index in [4.69, 9.17) is 0 Å². The molecule has 2 rings (SSSR count). The van der Waals surface area contributed by atoms with Gasteiger partial charge in [-0.25, -0.2) is 4.39 Å². The van der Waals surface area contributed by atoms with Gasteiger partial charge in [0.15, 0.2) is 0 Å². The standard InChI is InChI=1S/C14H23FN2/c1-11-5-4-6-14(15)13(11)10-17-8-7-12(9-17)16(2)3/h6,12H,4-5,7-10H2,1-3H3. The molecule has 0 N–H and O–H groups in total. The Labute approximate surface area is 104 Å². The molecule has 2 aliphatic rings. The van der Waals surface area contributed by atoms with Crippen LogP contribution >= 0.6 is 0 Å². The zero-order chi connectivity index (χ0) is 12.4. The Morgan fingerprint density at radius 2 is 2.24 bits per heavy atom. The van der Waals surface area contributed by atoms with E-state index in [0.29, 0.717) is 6.04 Å². The van der Waals surface area contributed by atoms with E-state index in [2.05, 4.69) is 30.8 Å². The molecule has 1 fully saturated rings. The second-order valence-electron chi connectivity index (χ2n) is 5.49. The van der Waals surface area contributed by atoms with Crippen molar-refractivity contribution in [3.63, 3.8) is 0 Å². The maximum absolute atomic E-state index is 13.8. The van der Waals surface area contributed by atoms with Gasteiger partial charge in [0.25, 0.3) is 0 Å². The van der Waals surface area contributed by atoms with Gasteiger partial charge in [-0.15, -0.1) is 0 Å². The van der Waals surface area contributed by atoms with Gasteiger partial charge in [0.1, 0.15) is 5.83 Å². The van der Waals surface area contributed by atoms with Crippen molar-refractivity contribution in [1.82, 2.24) is 9.80 Å². The van der Waals surface area contributed by atoms with Gasteiger partial charge in [-0.05, 0) is 46.4 Å². The summed E-state index contributed by atoms with van der Waals surface area (Å²) in [5.41, 5.74) is 2.17. The maximum atomic E-state index is 13.8. The first kappa shape index (κ1) is 12.8. The fourth-order valence-corrected chi connectivity index (χ4v) is 2.70. The van der Waals surface area contributed by atoms with Crippen LogP contribution in [-0.2, 0) is 0 Å². The molecule has 2 nitrogen and oxygen atoms in total. The fourth-order valence-electron chi connectivity index (χ4n) is 2.70. The molecule has 0 amide bonds. The van der Waals surface area contributed by atoms with Crippen molar-refractivity contribution in [3.05, 3.63) is 23.0 Å². The van der Waals surface area contributed by atoms with Gasteiger partial charge in [0, 0.05) is 31.2 Å². The molecule has 0 radical (unpaired) electrons. The van der Waals surface area contributed by atoms with Crippen molar-refractivity contribution >= 4 is 0 Å². The van der Waals surface area contributed by atoms with E-state index < -0.39 is 0 Å². The molecule has 1 unspecified atom stereocenters. The van der Waals surface area contributed by atoms with Gasteiger partial charge in [-0.1, -0.05) is 5.57 Å². The zero-order valence-corrected chi connectivity index (χ0v) is 11.2. The first-order valence-corrected chi connectivity index (χ1v) is 6.51. The monoisotopic (exact) mass is 238 g/mol. The van der Waals surface area contributed by atoms with Crippen LogP contribution in [0.2, 0.25) is 0 Å². The molecule has 0 saturated carbocycles. The lowest BCUT2D eigenvalue weighted by atomic mass is 9.97. The average Bonchev–Trinajstić information content (AvgIpc) is 2.72. The summed E-state index contributed by atoms with van der Waals surface area (Å²) in [5, 5.41) is 0. The summed E-state index contributed by atoms with van der Waals surface area (Å²) in [6.45, 7) is 5.02. The highest BCUT2D eigenvalue weighted by molar-refractivity contribution is 5.34. The zero-order valence-electron chi connectivity index (χ0n) is 11.2. The third kappa shape index (κ3) is 2.96. The quantitative estimate of drug-likeness (QED) is 0.745. The molecule has 1 aliphatic heterocycles. The molecule has 0 aromatic heterocycles. The maximum Gasteiger partial charge on any atom is 0.123 e. The number of likely N-dealkylation sites (tertiary alicyclic amines) is 1. The Morgan fingerprint density at radius 1 is 1.47 bits per heavy atom.